The van der Waals surface area contributed by atoms with Crippen LogP contribution in [0.25, 0.3) is 22.6 Å². The molecule has 4 aromatic heterocycles. The predicted molar refractivity (Wildman–Crippen MR) is 159 cm³/mol. The number of pyridine rings is 4. The molecule has 6 aromatic rings. The predicted octanol–water partition coefficient (Wildman–Crippen LogP) is 7.68. The summed E-state index contributed by atoms with van der Waals surface area (Å²) in [4.78, 5) is 18.7. The zero-order valence-corrected chi connectivity index (χ0v) is 25.2. The normalized spacial score (nSPS) is 14.9. The molecule has 2 aromatic carbocycles. The Bertz CT molecular complexity index is 1730. The molecule has 0 saturated carbocycles. The summed E-state index contributed by atoms with van der Waals surface area (Å²) in [5.41, 5.74) is 8.81. The number of fused-ring (bicyclic) bond motifs is 1. The minimum absolute atomic E-state index is 0. The second-order valence-electron chi connectivity index (χ2n) is 9.82. The fraction of sp³-hybridized carbons (Fsp3) is 0.0833. The van der Waals surface area contributed by atoms with Crippen LogP contribution in [0.1, 0.15) is 35.1 Å². The monoisotopic (exact) mass is 709 g/mol. The van der Waals surface area contributed by atoms with Crippen molar-refractivity contribution in [2.24, 2.45) is 0 Å². The van der Waals surface area contributed by atoms with E-state index in [4.69, 9.17) is 9.97 Å². The summed E-state index contributed by atoms with van der Waals surface area (Å²) in [7, 11) is 0. The topological polar surface area (TPSA) is 51.6 Å². The van der Waals surface area contributed by atoms with Gasteiger partial charge in [-0.15, -0.1) is 71.3 Å². The van der Waals surface area contributed by atoms with Crippen LogP contribution in [0.15, 0.2) is 134 Å². The molecule has 1 aliphatic rings. The number of benzene rings is 2. The van der Waals surface area contributed by atoms with Crippen molar-refractivity contribution in [3.63, 3.8) is 0 Å². The molecule has 41 heavy (non-hydrogen) atoms. The molecule has 0 amide bonds. The van der Waals surface area contributed by atoms with E-state index in [-0.39, 0.29) is 25.5 Å². The van der Waals surface area contributed by atoms with Gasteiger partial charge in [0.05, 0.1) is 11.4 Å². The maximum Gasteiger partial charge on any atom is 0.0879 e. The van der Waals surface area contributed by atoms with E-state index < -0.39 is 0 Å². The van der Waals surface area contributed by atoms with E-state index in [2.05, 4.69) is 65.4 Å². The summed E-state index contributed by atoms with van der Waals surface area (Å²) in [5, 5.41) is 0. The molecule has 1 aliphatic carbocycles. The van der Waals surface area contributed by atoms with Crippen LogP contribution in [0, 0.1) is 18.9 Å². The minimum Gasteiger partial charge on any atom is -0.295 e. The second kappa shape index (κ2) is 12.4. The molecule has 7 rings (SSSR count). The number of rotatable bonds is 4. The third-order valence-corrected chi connectivity index (χ3v) is 7.23. The molecule has 203 valence electrons. The third-order valence-electron chi connectivity index (χ3n) is 7.23. The molecule has 0 N–H and O–H groups in total. The molecule has 0 fully saturated rings. The second-order valence-corrected chi connectivity index (χ2v) is 9.82. The molecular weight excluding hydrogens is 681 g/mol. The van der Waals surface area contributed by atoms with Crippen LogP contribution in [0.2, 0.25) is 0 Å². The van der Waals surface area contributed by atoms with Gasteiger partial charge < -0.3 is 0 Å². The Morgan fingerprint density at radius 1 is 0.634 bits per heavy atom. The standard InChI is InChI=1S/C30H21N3.C6H7N.Ir/c1-30(23-14-6-5-13-22(23)29(30)27-15-7-8-20-31-27)28-19-10-18-26(33-28)25-17-9-16-24(32-25)21-11-3-2-4-12-21;1-6-4-2-3-5-7-6;/h2-11,13-20H,1H3;2-5H,1H3;/q-2;;/t30-;;/m0../s1. The summed E-state index contributed by atoms with van der Waals surface area (Å²) in [6.07, 6.45) is 3.64. The Kier molecular flexibility index (Phi) is 8.49. The van der Waals surface area contributed by atoms with Crippen LogP contribution >= 0.6 is 0 Å². The van der Waals surface area contributed by atoms with Crippen molar-refractivity contribution in [2.45, 2.75) is 19.3 Å². The van der Waals surface area contributed by atoms with Crippen LogP contribution in [0.4, 0.5) is 0 Å². The molecule has 1 atom stereocenters. The van der Waals surface area contributed by atoms with Gasteiger partial charge in [0.15, 0.2) is 0 Å². The molecule has 0 bridgehead atoms. The van der Waals surface area contributed by atoms with Crippen molar-refractivity contribution < 1.29 is 20.1 Å². The molecule has 5 heteroatoms. The summed E-state index contributed by atoms with van der Waals surface area (Å²) in [6.45, 7) is 4.22. The number of nitrogens with zero attached hydrogens (tertiary/aromatic N) is 4. The molecule has 4 heterocycles. The van der Waals surface area contributed by atoms with E-state index in [9.17, 15) is 0 Å². The zero-order valence-electron chi connectivity index (χ0n) is 22.8. The Morgan fingerprint density at radius 3 is 2.00 bits per heavy atom. The third kappa shape index (κ3) is 5.60. The van der Waals surface area contributed by atoms with E-state index >= 15 is 0 Å². The van der Waals surface area contributed by atoms with Gasteiger partial charge in [0.1, 0.15) is 0 Å². The van der Waals surface area contributed by atoms with Gasteiger partial charge in [0.2, 0.25) is 0 Å². The molecule has 1 radical (unpaired) electrons. The molecule has 0 aliphatic heterocycles. The van der Waals surface area contributed by atoms with Crippen LogP contribution in [-0.2, 0) is 25.5 Å². The van der Waals surface area contributed by atoms with Crippen molar-refractivity contribution in [1.82, 2.24) is 19.9 Å². The van der Waals surface area contributed by atoms with Crippen LogP contribution in [0.5, 0.6) is 0 Å². The smallest absolute Gasteiger partial charge is 0.0879 e. The van der Waals surface area contributed by atoms with Crippen molar-refractivity contribution in [2.75, 3.05) is 0 Å². The quantitative estimate of drug-likeness (QED) is 0.177. The van der Waals surface area contributed by atoms with Gasteiger partial charge in [0, 0.05) is 43.9 Å². The molecule has 4 nitrogen and oxygen atoms in total. The van der Waals surface area contributed by atoms with Gasteiger partial charge in [-0.3, -0.25) is 19.9 Å². The molecule has 0 unspecified atom stereocenters. The van der Waals surface area contributed by atoms with Gasteiger partial charge in [-0.2, -0.15) is 0 Å². The zero-order chi connectivity index (χ0) is 27.4. The van der Waals surface area contributed by atoms with Gasteiger partial charge in [-0.1, -0.05) is 55.3 Å². The van der Waals surface area contributed by atoms with Gasteiger partial charge in [-0.25, -0.2) is 0 Å². The SMILES string of the molecule is C[C@@]1(c2cccc(-c3cccc(-c4[c-]cccc4)n3)n2)c2ccccc2[C-]1c1ccccn1.Cc1ccccn1.[Ir]. The van der Waals surface area contributed by atoms with Crippen LogP contribution in [0.3, 0.4) is 0 Å². The average Bonchev–Trinajstić information content (AvgIpc) is 3.02. The Balaban J connectivity index is 0.000000372. The summed E-state index contributed by atoms with van der Waals surface area (Å²) in [6, 6.07) is 43.9. The van der Waals surface area contributed by atoms with Crippen molar-refractivity contribution in [3.05, 3.63) is 174 Å². The first-order chi connectivity index (χ1) is 19.6. The van der Waals surface area contributed by atoms with E-state index in [1.807, 2.05) is 92.0 Å². The fourth-order valence-corrected chi connectivity index (χ4v) is 5.23. The first-order valence-corrected chi connectivity index (χ1v) is 13.3. The van der Waals surface area contributed by atoms with E-state index in [0.717, 1.165) is 39.7 Å². The molecular formula is C36H28IrN4-2. The van der Waals surface area contributed by atoms with Crippen LogP contribution < -0.4 is 0 Å². The molecule has 0 spiro atoms. The van der Waals surface area contributed by atoms with Crippen LogP contribution in [-0.4, -0.2) is 19.9 Å². The van der Waals surface area contributed by atoms with Crippen molar-refractivity contribution in [1.29, 1.82) is 0 Å². The minimum atomic E-state index is -0.341. The first kappa shape index (κ1) is 28.1. The van der Waals surface area contributed by atoms with E-state index in [1.54, 1.807) is 6.20 Å². The van der Waals surface area contributed by atoms with Gasteiger partial charge >= 0.3 is 0 Å². The van der Waals surface area contributed by atoms with E-state index in [1.165, 1.54) is 17.0 Å². The summed E-state index contributed by atoms with van der Waals surface area (Å²) < 4.78 is 0. The largest absolute Gasteiger partial charge is 0.295 e. The van der Waals surface area contributed by atoms with Gasteiger partial charge in [-0.05, 0) is 54.1 Å². The Hall–Kier alpha value is -4.44. The van der Waals surface area contributed by atoms with Crippen molar-refractivity contribution >= 4 is 0 Å². The number of aryl methyl sites for hydroxylation is 1. The Morgan fingerprint density at radius 2 is 1.32 bits per heavy atom. The average molecular weight is 709 g/mol. The fourth-order valence-electron chi connectivity index (χ4n) is 5.23. The number of hydrogen-bond donors (Lipinski definition) is 0. The Labute approximate surface area is 255 Å². The first-order valence-electron chi connectivity index (χ1n) is 13.3. The summed E-state index contributed by atoms with van der Waals surface area (Å²) in [5.74, 6) is 1.21. The van der Waals surface area contributed by atoms with Crippen molar-refractivity contribution in [3.8, 4) is 22.6 Å². The summed E-state index contributed by atoms with van der Waals surface area (Å²) >= 11 is 0. The molecule has 0 saturated heterocycles. The number of aromatic nitrogens is 4. The number of hydrogen-bond acceptors (Lipinski definition) is 4. The maximum absolute atomic E-state index is 5.12. The van der Waals surface area contributed by atoms with Gasteiger partial charge in [0.25, 0.3) is 0 Å². The maximum atomic E-state index is 5.12. The van der Waals surface area contributed by atoms with E-state index in [0.29, 0.717) is 0 Å².